The number of carbonyl (C=O) groups is 1. The molecule has 0 aliphatic heterocycles. The average Bonchev–Trinajstić information content (AvgIpc) is 2.00. The molecule has 0 amide bonds. The van der Waals surface area contributed by atoms with Crippen molar-refractivity contribution >= 4 is 28.6 Å². The first kappa shape index (κ1) is 10.5. The van der Waals surface area contributed by atoms with Crippen LogP contribution in [0, 0.1) is 11.3 Å². The minimum absolute atomic E-state index is 0.588. The standard InChI is InChI=1S/C11H15IO2/c1-11(10(13)14)5-7-2-8(6-11)4-9(12)3-7/h5,8-9H,2-4,6H2,1H3,(H,13,14). The maximum Gasteiger partial charge on any atom is 0.313 e. The summed E-state index contributed by atoms with van der Waals surface area (Å²) in [5.74, 6) is -0.0571. The van der Waals surface area contributed by atoms with Gasteiger partial charge in [-0.15, -0.1) is 0 Å². The molecule has 1 N–H and O–H groups in total. The monoisotopic (exact) mass is 306 g/mol. The van der Waals surface area contributed by atoms with Gasteiger partial charge < -0.3 is 5.11 Å². The number of hydrogen-bond donors (Lipinski definition) is 1. The molecule has 0 aromatic carbocycles. The topological polar surface area (TPSA) is 37.3 Å². The Morgan fingerprint density at radius 1 is 1.64 bits per heavy atom. The number of rotatable bonds is 1. The molecule has 1 fully saturated rings. The molecule has 1 saturated carbocycles. The predicted molar refractivity (Wildman–Crippen MR) is 63.6 cm³/mol. The van der Waals surface area contributed by atoms with E-state index in [1.54, 1.807) is 0 Å². The largest absolute Gasteiger partial charge is 0.481 e. The Kier molecular flexibility index (Phi) is 2.62. The summed E-state index contributed by atoms with van der Waals surface area (Å²) < 4.78 is 0.718. The van der Waals surface area contributed by atoms with Crippen molar-refractivity contribution in [2.24, 2.45) is 11.3 Å². The van der Waals surface area contributed by atoms with Crippen molar-refractivity contribution in [2.45, 2.75) is 36.5 Å². The summed E-state index contributed by atoms with van der Waals surface area (Å²) in [4.78, 5) is 11.1. The van der Waals surface area contributed by atoms with Gasteiger partial charge in [-0.25, -0.2) is 0 Å². The molecule has 78 valence electrons. The molecule has 2 aliphatic rings. The molecule has 2 bridgehead atoms. The molecule has 3 heteroatoms. The van der Waals surface area contributed by atoms with E-state index in [1.807, 2.05) is 13.0 Å². The summed E-state index contributed by atoms with van der Waals surface area (Å²) in [6, 6.07) is 0. The third-order valence-electron chi connectivity index (χ3n) is 3.35. The van der Waals surface area contributed by atoms with Crippen LogP contribution in [-0.4, -0.2) is 15.0 Å². The van der Waals surface area contributed by atoms with E-state index in [4.69, 9.17) is 0 Å². The second-order valence-corrected chi connectivity index (χ2v) is 6.60. The molecule has 2 nitrogen and oxygen atoms in total. The lowest BCUT2D eigenvalue weighted by Crippen LogP contribution is -2.35. The lowest BCUT2D eigenvalue weighted by molar-refractivity contribution is -0.146. The fourth-order valence-corrected chi connectivity index (χ4v) is 4.08. The van der Waals surface area contributed by atoms with E-state index in [2.05, 4.69) is 22.6 Å². The average molecular weight is 306 g/mol. The second-order valence-electron chi connectivity index (χ2n) is 4.84. The summed E-state index contributed by atoms with van der Waals surface area (Å²) in [6.07, 6.45) is 6.27. The Balaban J connectivity index is 2.28. The van der Waals surface area contributed by atoms with Crippen LogP contribution in [0.4, 0.5) is 0 Å². The molecule has 0 spiro atoms. The Hall–Kier alpha value is -0.0600. The van der Waals surface area contributed by atoms with Crippen LogP contribution in [0.1, 0.15) is 32.6 Å². The number of alkyl halides is 1. The smallest absolute Gasteiger partial charge is 0.313 e. The Morgan fingerprint density at radius 3 is 2.93 bits per heavy atom. The van der Waals surface area contributed by atoms with Crippen molar-refractivity contribution in [2.75, 3.05) is 0 Å². The zero-order chi connectivity index (χ0) is 10.3. The molecule has 0 saturated heterocycles. The summed E-state index contributed by atoms with van der Waals surface area (Å²) in [6.45, 7) is 1.86. The number of hydrogen-bond acceptors (Lipinski definition) is 1. The van der Waals surface area contributed by atoms with Crippen LogP contribution in [-0.2, 0) is 4.79 Å². The maximum absolute atomic E-state index is 11.1. The van der Waals surface area contributed by atoms with Gasteiger partial charge in [0.1, 0.15) is 0 Å². The van der Waals surface area contributed by atoms with Gasteiger partial charge in [0, 0.05) is 3.92 Å². The molecule has 2 rings (SSSR count). The predicted octanol–water partition coefficient (Wildman–Crippen LogP) is 3.01. The first-order chi connectivity index (χ1) is 6.49. The second kappa shape index (κ2) is 3.51. The normalized spacial score (nSPS) is 41.7. The minimum Gasteiger partial charge on any atom is -0.481 e. The van der Waals surface area contributed by atoms with Crippen molar-refractivity contribution in [3.05, 3.63) is 11.6 Å². The lowest BCUT2D eigenvalue weighted by Gasteiger charge is -2.38. The number of fused-ring (bicyclic) bond motifs is 2. The van der Waals surface area contributed by atoms with Gasteiger partial charge in [0.2, 0.25) is 0 Å². The van der Waals surface area contributed by atoms with Crippen LogP contribution in [0.2, 0.25) is 0 Å². The van der Waals surface area contributed by atoms with Crippen LogP contribution in [0.25, 0.3) is 0 Å². The van der Waals surface area contributed by atoms with Gasteiger partial charge >= 0.3 is 5.97 Å². The fourth-order valence-electron chi connectivity index (χ4n) is 2.80. The number of carboxylic acids is 1. The van der Waals surface area contributed by atoms with Crippen molar-refractivity contribution in [1.29, 1.82) is 0 Å². The SMILES string of the molecule is CC1(C(=O)O)C=C2CC(I)CC(C2)C1. The molecule has 3 unspecified atom stereocenters. The van der Waals surface area contributed by atoms with Crippen molar-refractivity contribution in [3.8, 4) is 0 Å². The van der Waals surface area contributed by atoms with Crippen LogP contribution >= 0.6 is 22.6 Å². The number of allylic oxidation sites excluding steroid dienone is 1. The highest BCUT2D eigenvalue weighted by Crippen LogP contribution is 2.46. The van der Waals surface area contributed by atoms with E-state index >= 15 is 0 Å². The number of carboxylic acid groups (broad SMARTS) is 1. The van der Waals surface area contributed by atoms with Crippen LogP contribution in [0.15, 0.2) is 11.6 Å². The minimum atomic E-state index is -0.661. The van der Waals surface area contributed by atoms with Gasteiger partial charge in [-0.2, -0.15) is 0 Å². The van der Waals surface area contributed by atoms with Gasteiger partial charge in [-0.05, 0) is 38.5 Å². The molecule has 0 aromatic heterocycles. The number of aliphatic carboxylic acids is 1. The molecule has 2 aliphatic carbocycles. The summed E-state index contributed by atoms with van der Waals surface area (Å²) >= 11 is 2.49. The molecule has 3 atom stereocenters. The quantitative estimate of drug-likeness (QED) is 0.459. The molecular formula is C11H15IO2. The molecule has 0 radical (unpaired) electrons. The first-order valence-electron chi connectivity index (χ1n) is 5.08. The van der Waals surface area contributed by atoms with Gasteiger partial charge in [0.05, 0.1) is 5.41 Å². The van der Waals surface area contributed by atoms with E-state index in [-0.39, 0.29) is 0 Å². The third kappa shape index (κ3) is 1.83. The highest BCUT2D eigenvalue weighted by Gasteiger charge is 2.40. The highest BCUT2D eigenvalue weighted by atomic mass is 127. The molecular weight excluding hydrogens is 291 g/mol. The molecule has 0 heterocycles. The third-order valence-corrected chi connectivity index (χ3v) is 4.30. The van der Waals surface area contributed by atoms with Gasteiger partial charge in [-0.3, -0.25) is 4.79 Å². The zero-order valence-electron chi connectivity index (χ0n) is 8.29. The maximum atomic E-state index is 11.1. The molecule has 14 heavy (non-hydrogen) atoms. The van der Waals surface area contributed by atoms with Gasteiger partial charge in [-0.1, -0.05) is 34.2 Å². The lowest BCUT2D eigenvalue weighted by atomic mass is 9.68. The van der Waals surface area contributed by atoms with E-state index < -0.39 is 11.4 Å². The van der Waals surface area contributed by atoms with Crippen LogP contribution < -0.4 is 0 Å². The Bertz CT molecular complexity index is 298. The van der Waals surface area contributed by atoms with Gasteiger partial charge in [0.25, 0.3) is 0 Å². The zero-order valence-corrected chi connectivity index (χ0v) is 10.5. The first-order valence-corrected chi connectivity index (χ1v) is 6.32. The summed E-state index contributed by atoms with van der Waals surface area (Å²) in [7, 11) is 0. The van der Waals surface area contributed by atoms with Crippen molar-refractivity contribution < 1.29 is 9.90 Å². The van der Waals surface area contributed by atoms with Crippen LogP contribution in [0.3, 0.4) is 0 Å². The van der Waals surface area contributed by atoms with Gasteiger partial charge in [0.15, 0.2) is 0 Å². The van der Waals surface area contributed by atoms with E-state index in [1.165, 1.54) is 12.0 Å². The Labute approximate surface area is 97.9 Å². The summed E-state index contributed by atoms with van der Waals surface area (Å²) in [5.41, 5.74) is 0.784. The summed E-state index contributed by atoms with van der Waals surface area (Å²) in [5, 5.41) is 9.17. The van der Waals surface area contributed by atoms with Crippen molar-refractivity contribution in [1.82, 2.24) is 0 Å². The van der Waals surface area contributed by atoms with Crippen molar-refractivity contribution in [3.63, 3.8) is 0 Å². The van der Waals surface area contributed by atoms with Crippen LogP contribution in [0.5, 0.6) is 0 Å². The van der Waals surface area contributed by atoms with E-state index in [0.29, 0.717) is 5.92 Å². The number of halogens is 1. The van der Waals surface area contributed by atoms with E-state index in [0.717, 1.165) is 23.2 Å². The molecule has 0 aromatic rings. The fraction of sp³-hybridized carbons (Fsp3) is 0.727. The highest BCUT2D eigenvalue weighted by molar-refractivity contribution is 14.1. The Morgan fingerprint density at radius 2 is 2.36 bits per heavy atom. The van der Waals surface area contributed by atoms with E-state index in [9.17, 15) is 9.90 Å².